The van der Waals surface area contributed by atoms with Crippen molar-refractivity contribution >= 4 is 46.4 Å². The van der Waals surface area contributed by atoms with Crippen LogP contribution in [0, 0.1) is 0 Å². The Morgan fingerprint density at radius 1 is 0.950 bits per heavy atom. The molecule has 11 heteroatoms. The van der Waals surface area contributed by atoms with Crippen LogP contribution in [0.2, 0.25) is 10.0 Å². The summed E-state index contributed by atoms with van der Waals surface area (Å²) in [7, 11) is 1.75. The number of benzene rings is 2. The Morgan fingerprint density at radius 3 is 2.50 bits per heavy atom. The Bertz CT molecular complexity index is 1680. The van der Waals surface area contributed by atoms with Gasteiger partial charge in [-0.25, -0.2) is 14.5 Å². The zero-order valence-corrected chi connectivity index (χ0v) is 23.1. The van der Waals surface area contributed by atoms with Crippen molar-refractivity contribution in [2.24, 2.45) is 0 Å². The number of amides is 1. The number of fused-ring (bicyclic) bond motifs is 1. The number of pyridine rings is 1. The minimum absolute atomic E-state index is 0.317. The number of carbonyl (C=O) groups excluding carboxylic acids is 1. The number of nitrogens with zero attached hydrogens (tertiary/aromatic N) is 6. The standard InChI is InChI=1S/C29H25Cl2N7O2/c1-36(25-7-4-8-26(34-25)37-13-15-40-16-14-37)35-29(39)23-18-33-38-27(19-9-11-20(30)12-10-19)22(17-32-28(23)38)21-5-2-3-6-24(21)31/h2-12,17-18H,13-16H2,1H3,(H,35,39). The molecule has 0 radical (unpaired) electrons. The van der Waals surface area contributed by atoms with Crippen LogP contribution in [0.1, 0.15) is 10.4 Å². The Morgan fingerprint density at radius 2 is 1.73 bits per heavy atom. The van der Waals surface area contributed by atoms with Crippen molar-refractivity contribution in [3.63, 3.8) is 0 Å². The second kappa shape index (κ2) is 11.1. The van der Waals surface area contributed by atoms with Gasteiger partial charge in [-0.05, 0) is 30.3 Å². The third-order valence-electron chi connectivity index (χ3n) is 6.72. The summed E-state index contributed by atoms with van der Waals surface area (Å²) in [5.41, 5.74) is 6.79. The molecule has 2 aromatic carbocycles. The lowest BCUT2D eigenvalue weighted by molar-refractivity contribution is 0.0952. The molecule has 0 atom stereocenters. The first-order valence-corrected chi connectivity index (χ1v) is 13.5. The van der Waals surface area contributed by atoms with Gasteiger partial charge in [0, 0.05) is 53.1 Å². The highest BCUT2D eigenvalue weighted by Crippen LogP contribution is 2.36. The summed E-state index contributed by atoms with van der Waals surface area (Å²) in [5.74, 6) is 1.07. The number of rotatable bonds is 6. The van der Waals surface area contributed by atoms with E-state index in [1.54, 1.807) is 22.8 Å². The molecule has 1 fully saturated rings. The largest absolute Gasteiger partial charge is 0.378 e. The number of anilines is 2. The van der Waals surface area contributed by atoms with Gasteiger partial charge in [0.05, 0.1) is 25.1 Å². The number of aromatic nitrogens is 4. The Balaban J connectivity index is 1.35. The Kier molecular flexibility index (Phi) is 7.25. The van der Waals surface area contributed by atoms with Crippen LogP contribution in [-0.4, -0.2) is 58.8 Å². The van der Waals surface area contributed by atoms with Gasteiger partial charge < -0.3 is 9.64 Å². The average Bonchev–Trinajstić information content (AvgIpc) is 3.42. The molecule has 0 saturated carbocycles. The molecule has 1 aliphatic heterocycles. The molecule has 5 aromatic rings. The highest BCUT2D eigenvalue weighted by Gasteiger charge is 2.22. The SMILES string of the molecule is CN(NC(=O)c1cnn2c(-c3ccc(Cl)cc3)c(-c3ccccc3Cl)cnc12)c1cccc(N2CCOCC2)n1. The van der Waals surface area contributed by atoms with Gasteiger partial charge in [0.1, 0.15) is 17.2 Å². The molecule has 40 heavy (non-hydrogen) atoms. The van der Waals surface area contributed by atoms with E-state index in [1.165, 1.54) is 6.20 Å². The van der Waals surface area contributed by atoms with Gasteiger partial charge in [0.2, 0.25) is 0 Å². The van der Waals surface area contributed by atoms with Gasteiger partial charge in [0.15, 0.2) is 5.65 Å². The van der Waals surface area contributed by atoms with Crippen LogP contribution in [0.15, 0.2) is 79.1 Å². The lowest BCUT2D eigenvalue weighted by Gasteiger charge is -2.28. The second-order valence-corrected chi connectivity index (χ2v) is 10.1. The van der Waals surface area contributed by atoms with Crippen molar-refractivity contribution in [2.45, 2.75) is 0 Å². The average molecular weight is 574 g/mol. The van der Waals surface area contributed by atoms with Gasteiger partial charge in [-0.1, -0.05) is 59.6 Å². The monoisotopic (exact) mass is 573 g/mol. The highest BCUT2D eigenvalue weighted by molar-refractivity contribution is 6.33. The fourth-order valence-electron chi connectivity index (χ4n) is 4.69. The lowest BCUT2D eigenvalue weighted by atomic mass is 10.0. The quantitative estimate of drug-likeness (QED) is 0.273. The summed E-state index contributed by atoms with van der Waals surface area (Å²) >= 11 is 12.7. The van der Waals surface area contributed by atoms with E-state index >= 15 is 0 Å². The number of hydrogen-bond donors (Lipinski definition) is 1. The molecule has 0 bridgehead atoms. The van der Waals surface area contributed by atoms with E-state index in [-0.39, 0.29) is 5.91 Å². The van der Waals surface area contributed by atoms with E-state index < -0.39 is 0 Å². The van der Waals surface area contributed by atoms with Crippen LogP contribution in [0.5, 0.6) is 0 Å². The summed E-state index contributed by atoms with van der Waals surface area (Å²) < 4.78 is 7.11. The summed E-state index contributed by atoms with van der Waals surface area (Å²) in [5, 5.41) is 7.36. The van der Waals surface area contributed by atoms with E-state index in [4.69, 9.17) is 32.9 Å². The lowest BCUT2D eigenvalue weighted by Crippen LogP contribution is -2.40. The van der Waals surface area contributed by atoms with E-state index in [0.717, 1.165) is 41.3 Å². The van der Waals surface area contributed by atoms with Crippen molar-refractivity contribution < 1.29 is 9.53 Å². The maximum absolute atomic E-state index is 13.5. The maximum Gasteiger partial charge on any atom is 0.275 e. The number of morpholine rings is 1. The predicted molar refractivity (Wildman–Crippen MR) is 157 cm³/mol. The van der Waals surface area contributed by atoms with Crippen LogP contribution in [0.3, 0.4) is 0 Å². The van der Waals surface area contributed by atoms with Crippen LogP contribution < -0.4 is 15.3 Å². The molecule has 1 amide bonds. The molecule has 3 aromatic heterocycles. The molecule has 6 rings (SSSR count). The predicted octanol–water partition coefficient (Wildman–Crippen LogP) is 5.38. The summed E-state index contributed by atoms with van der Waals surface area (Å²) in [4.78, 5) is 25.0. The van der Waals surface area contributed by atoms with Crippen LogP contribution in [0.4, 0.5) is 11.6 Å². The maximum atomic E-state index is 13.5. The molecule has 1 aliphatic rings. The molecular weight excluding hydrogens is 549 g/mol. The number of nitrogens with one attached hydrogen (secondary N) is 1. The highest BCUT2D eigenvalue weighted by atomic mass is 35.5. The Hall–Kier alpha value is -4.18. The molecule has 9 nitrogen and oxygen atoms in total. The first kappa shape index (κ1) is 26.1. The molecule has 0 unspecified atom stereocenters. The third-order valence-corrected chi connectivity index (χ3v) is 7.30. The van der Waals surface area contributed by atoms with Crippen molar-refractivity contribution in [2.75, 3.05) is 43.3 Å². The van der Waals surface area contributed by atoms with Gasteiger partial charge in [0.25, 0.3) is 5.91 Å². The van der Waals surface area contributed by atoms with E-state index in [1.807, 2.05) is 66.7 Å². The van der Waals surface area contributed by atoms with Gasteiger partial charge in [-0.15, -0.1) is 0 Å². The second-order valence-electron chi connectivity index (χ2n) is 9.25. The Labute approximate surface area is 240 Å². The first-order valence-electron chi connectivity index (χ1n) is 12.7. The zero-order valence-electron chi connectivity index (χ0n) is 21.6. The minimum atomic E-state index is -0.365. The molecular formula is C29H25Cl2N7O2. The molecule has 202 valence electrons. The molecule has 1 saturated heterocycles. The van der Waals surface area contributed by atoms with E-state index in [0.29, 0.717) is 40.3 Å². The van der Waals surface area contributed by atoms with E-state index in [2.05, 4.69) is 20.4 Å². The molecule has 0 aliphatic carbocycles. The normalized spacial score (nSPS) is 13.4. The number of halogens is 2. The molecule has 4 heterocycles. The topological polar surface area (TPSA) is 87.9 Å². The number of hydrogen-bond acceptors (Lipinski definition) is 7. The van der Waals surface area contributed by atoms with Crippen LogP contribution in [0.25, 0.3) is 28.0 Å². The van der Waals surface area contributed by atoms with Crippen molar-refractivity contribution in [3.8, 4) is 22.4 Å². The number of hydrazine groups is 1. The van der Waals surface area contributed by atoms with Crippen LogP contribution >= 0.6 is 23.2 Å². The van der Waals surface area contributed by atoms with E-state index in [9.17, 15) is 4.79 Å². The van der Waals surface area contributed by atoms with Crippen molar-refractivity contribution in [1.29, 1.82) is 0 Å². The molecule has 1 N–H and O–H groups in total. The van der Waals surface area contributed by atoms with Gasteiger partial charge >= 0.3 is 0 Å². The summed E-state index contributed by atoms with van der Waals surface area (Å²) in [6.45, 7) is 2.87. The number of carbonyl (C=O) groups is 1. The van der Waals surface area contributed by atoms with Crippen LogP contribution in [-0.2, 0) is 4.74 Å². The zero-order chi connectivity index (χ0) is 27.6. The smallest absolute Gasteiger partial charge is 0.275 e. The fourth-order valence-corrected chi connectivity index (χ4v) is 5.05. The molecule has 0 spiro atoms. The fraction of sp³-hybridized carbons (Fsp3) is 0.172. The minimum Gasteiger partial charge on any atom is -0.378 e. The first-order chi connectivity index (χ1) is 19.5. The van der Waals surface area contributed by atoms with Crippen molar-refractivity contribution in [3.05, 3.63) is 94.7 Å². The third kappa shape index (κ3) is 5.06. The number of ether oxygens (including phenoxy) is 1. The summed E-state index contributed by atoms with van der Waals surface area (Å²) in [6.07, 6.45) is 3.23. The van der Waals surface area contributed by atoms with Crippen molar-refractivity contribution in [1.82, 2.24) is 25.0 Å². The van der Waals surface area contributed by atoms with Gasteiger partial charge in [-0.2, -0.15) is 5.10 Å². The van der Waals surface area contributed by atoms with Gasteiger partial charge in [-0.3, -0.25) is 15.2 Å². The summed E-state index contributed by atoms with van der Waals surface area (Å²) in [6, 6.07) is 20.7.